The van der Waals surface area contributed by atoms with Crippen LogP contribution in [0.1, 0.15) is 46.1 Å². The second-order valence-corrected chi connectivity index (χ2v) is 7.71. The van der Waals surface area contributed by atoms with Crippen molar-refractivity contribution >= 4 is 5.91 Å². The predicted molar refractivity (Wildman–Crippen MR) is 105 cm³/mol. The summed E-state index contributed by atoms with van der Waals surface area (Å²) in [6.07, 6.45) is 1.97. The zero-order valence-electron chi connectivity index (χ0n) is 16.5. The molecular formula is C21H29N3O2. The van der Waals surface area contributed by atoms with Crippen molar-refractivity contribution in [2.75, 3.05) is 13.6 Å². The van der Waals surface area contributed by atoms with Gasteiger partial charge in [-0.25, -0.2) is 4.68 Å². The minimum absolute atomic E-state index is 0.0348. The maximum atomic E-state index is 12.3. The van der Waals surface area contributed by atoms with Crippen LogP contribution in [0.15, 0.2) is 41.2 Å². The number of amides is 1. The van der Waals surface area contributed by atoms with Crippen molar-refractivity contribution in [2.24, 2.45) is 0 Å². The fourth-order valence-electron chi connectivity index (χ4n) is 2.63. The summed E-state index contributed by atoms with van der Waals surface area (Å²) in [7, 11) is 1.76. The average molecular weight is 355 g/mol. The molecule has 0 saturated carbocycles. The maximum Gasteiger partial charge on any atom is 0.267 e. The summed E-state index contributed by atoms with van der Waals surface area (Å²) in [5.74, 6) is -0.103. The number of aromatic nitrogens is 2. The zero-order chi connectivity index (χ0) is 19.3. The summed E-state index contributed by atoms with van der Waals surface area (Å²) in [5, 5.41) is 4.39. The van der Waals surface area contributed by atoms with Crippen LogP contribution in [0, 0.1) is 0 Å². The van der Waals surface area contributed by atoms with Gasteiger partial charge >= 0.3 is 0 Å². The van der Waals surface area contributed by atoms with E-state index in [4.69, 9.17) is 0 Å². The largest absolute Gasteiger partial charge is 0.344 e. The van der Waals surface area contributed by atoms with E-state index in [0.29, 0.717) is 12.2 Å². The number of rotatable bonds is 6. The third kappa shape index (κ3) is 5.04. The molecule has 0 fully saturated rings. The van der Waals surface area contributed by atoms with Gasteiger partial charge in [-0.2, -0.15) is 5.10 Å². The number of benzene rings is 1. The van der Waals surface area contributed by atoms with Gasteiger partial charge in [-0.1, -0.05) is 58.4 Å². The zero-order valence-corrected chi connectivity index (χ0v) is 16.5. The highest BCUT2D eigenvalue weighted by molar-refractivity contribution is 5.75. The Hall–Kier alpha value is -2.43. The summed E-state index contributed by atoms with van der Waals surface area (Å²) in [4.78, 5) is 26.0. The SMILES string of the molecule is CCCCN(C)C(=O)Cn1nc(-c2ccc(C(C)(C)C)cc2)ccc1=O. The molecule has 0 spiro atoms. The summed E-state index contributed by atoms with van der Waals surface area (Å²) >= 11 is 0. The number of unbranched alkanes of at least 4 members (excludes halogenated alkanes) is 1. The molecule has 0 N–H and O–H groups in total. The fourth-order valence-corrected chi connectivity index (χ4v) is 2.63. The predicted octanol–water partition coefficient (Wildman–Crippen LogP) is 3.47. The van der Waals surface area contributed by atoms with E-state index in [9.17, 15) is 9.59 Å². The summed E-state index contributed by atoms with van der Waals surface area (Å²) in [5.41, 5.74) is 2.67. The molecule has 1 heterocycles. The molecule has 0 atom stereocenters. The van der Waals surface area contributed by atoms with E-state index in [1.54, 1.807) is 18.0 Å². The van der Waals surface area contributed by atoms with Crippen molar-refractivity contribution in [2.45, 2.75) is 52.5 Å². The fraction of sp³-hybridized carbons (Fsp3) is 0.476. The number of likely N-dealkylation sites (N-methyl/N-ethyl adjacent to an activating group) is 1. The minimum atomic E-state index is -0.266. The molecule has 0 bridgehead atoms. The first-order valence-electron chi connectivity index (χ1n) is 9.15. The van der Waals surface area contributed by atoms with Gasteiger partial charge in [0.25, 0.3) is 5.56 Å². The smallest absolute Gasteiger partial charge is 0.267 e. The molecule has 140 valence electrons. The lowest BCUT2D eigenvalue weighted by molar-refractivity contribution is -0.130. The highest BCUT2D eigenvalue weighted by atomic mass is 16.2. The minimum Gasteiger partial charge on any atom is -0.344 e. The van der Waals surface area contributed by atoms with Gasteiger partial charge in [-0.05, 0) is 23.5 Å². The van der Waals surface area contributed by atoms with Gasteiger partial charge in [0.2, 0.25) is 5.91 Å². The standard InChI is InChI=1S/C21H29N3O2/c1-6-7-14-23(5)20(26)15-24-19(25)13-12-18(22-24)16-8-10-17(11-9-16)21(2,3)4/h8-13H,6-7,14-15H2,1-5H3. The highest BCUT2D eigenvalue weighted by Gasteiger charge is 2.14. The number of carbonyl (C=O) groups excluding carboxylic acids is 1. The average Bonchev–Trinajstić information content (AvgIpc) is 2.60. The molecule has 0 radical (unpaired) electrons. The topological polar surface area (TPSA) is 55.2 Å². The van der Waals surface area contributed by atoms with Crippen LogP contribution < -0.4 is 5.56 Å². The lowest BCUT2D eigenvalue weighted by Gasteiger charge is -2.19. The van der Waals surface area contributed by atoms with Crippen molar-refractivity contribution in [1.29, 1.82) is 0 Å². The quantitative estimate of drug-likeness (QED) is 0.797. The molecule has 0 aliphatic rings. The van der Waals surface area contributed by atoms with Crippen molar-refractivity contribution in [3.63, 3.8) is 0 Å². The Balaban J connectivity index is 2.21. The van der Waals surface area contributed by atoms with Crippen molar-refractivity contribution < 1.29 is 4.79 Å². The van der Waals surface area contributed by atoms with Crippen LogP contribution in [-0.4, -0.2) is 34.2 Å². The molecule has 26 heavy (non-hydrogen) atoms. The number of hydrogen-bond acceptors (Lipinski definition) is 3. The third-order valence-electron chi connectivity index (χ3n) is 4.47. The van der Waals surface area contributed by atoms with Crippen LogP contribution in [0.4, 0.5) is 0 Å². The summed E-state index contributed by atoms with van der Waals surface area (Å²) < 4.78 is 1.25. The normalized spacial score (nSPS) is 11.4. The van der Waals surface area contributed by atoms with Crippen LogP contribution in [0.3, 0.4) is 0 Å². The molecule has 0 unspecified atom stereocenters. The second kappa shape index (κ2) is 8.30. The van der Waals surface area contributed by atoms with E-state index >= 15 is 0 Å². The second-order valence-electron chi connectivity index (χ2n) is 7.71. The monoisotopic (exact) mass is 355 g/mol. The van der Waals surface area contributed by atoms with Crippen LogP contribution in [0.25, 0.3) is 11.3 Å². The number of nitrogens with zero attached hydrogens (tertiary/aromatic N) is 3. The first-order valence-corrected chi connectivity index (χ1v) is 9.15. The lowest BCUT2D eigenvalue weighted by Crippen LogP contribution is -2.35. The highest BCUT2D eigenvalue weighted by Crippen LogP contribution is 2.24. The molecular weight excluding hydrogens is 326 g/mol. The Kier molecular flexibility index (Phi) is 6.35. The van der Waals surface area contributed by atoms with Crippen LogP contribution in [-0.2, 0) is 16.8 Å². The number of carbonyl (C=O) groups is 1. The van der Waals surface area contributed by atoms with Gasteiger partial charge in [0, 0.05) is 25.2 Å². The van der Waals surface area contributed by atoms with Crippen LogP contribution in [0.5, 0.6) is 0 Å². The van der Waals surface area contributed by atoms with Gasteiger partial charge in [-0.3, -0.25) is 9.59 Å². The van der Waals surface area contributed by atoms with E-state index in [-0.39, 0.29) is 23.4 Å². The molecule has 0 aliphatic heterocycles. The van der Waals surface area contributed by atoms with Crippen molar-refractivity contribution in [3.8, 4) is 11.3 Å². The van der Waals surface area contributed by atoms with Gasteiger partial charge in [0.1, 0.15) is 6.54 Å². The molecule has 5 heteroatoms. The van der Waals surface area contributed by atoms with Crippen molar-refractivity contribution in [1.82, 2.24) is 14.7 Å². The Morgan fingerprint density at radius 3 is 2.35 bits per heavy atom. The molecule has 1 amide bonds. The van der Waals surface area contributed by atoms with E-state index in [1.807, 2.05) is 12.1 Å². The molecule has 1 aromatic carbocycles. The first-order chi connectivity index (χ1) is 12.2. The Morgan fingerprint density at radius 2 is 1.77 bits per heavy atom. The molecule has 0 saturated heterocycles. The molecule has 1 aromatic heterocycles. The van der Waals surface area contributed by atoms with E-state index in [0.717, 1.165) is 18.4 Å². The van der Waals surface area contributed by atoms with E-state index in [2.05, 4.69) is 44.9 Å². The van der Waals surface area contributed by atoms with Gasteiger partial charge in [0.15, 0.2) is 0 Å². The third-order valence-corrected chi connectivity index (χ3v) is 4.47. The van der Waals surface area contributed by atoms with E-state index in [1.165, 1.54) is 16.3 Å². The molecule has 0 aliphatic carbocycles. The van der Waals surface area contributed by atoms with E-state index < -0.39 is 0 Å². The Labute approximate surface area is 155 Å². The molecule has 2 aromatic rings. The summed E-state index contributed by atoms with van der Waals surface area (Å²) in [6, 6.07) is 11.3. The number of hydrogen-bond donors (Lipinski definition) is 0. The first kappa shape index (κ1) is 19.9. The van der Waals surface area contributed by atoms with Gasteiger partial charge in [-0.15, -0.1) is 0 Å². The Bertz CT molecular complexity index is 801. The summed E-state index contributed by atoms with van der Waals surface area (Å²) in [6.45, 7) is 9.24. The van der Waals surface area contributed by atoms with Gasteiger partial charge in [0.05, 0.1) is 5.69 Å². The Morgan fingerprint density at radius 1 is 1.12 bits per heavy atom. The molecule has 5 nitrogen and oxygen atoms in total. The van der Waals surface area contributed by atoms with Gasteiger partial charge < -0.3 is 4.90 Å². The maximum absolute atomic E-state index is 12.3. The van der Waals surface area contributed by atoms with Crippen LogP contribution >= 0.6 is 0 Å². The van der Waals surface area contributed by atoms with Crippen LogP contribution in [0.2, 0.25) is 0 Å². The molecule has 2 rings (SSSR count). The lowest BCUT2D eigenvalue weighted by atomic mass is 9.86. The van der Waals surface area contributed by atoms with Crippen molar-refractivity contribution in [3.05, 3.63) is 52.3 Å².